The van der Waals surface area contributed by atoms with E-state index in [-0.39, 0.29) is 17.8 Å². The van der Waals surface area contributed by atoms with Gasteiger partial charge in [0.05, 0.1) is 18.7 Å². The Kier molecular flexibility index (Phi) is 5.62. The maximum absolute atomic E-state index is 12.8. The molecule has 0 bridgehead atoms. The van der Waals surface area contributed by atoms with Gasteiger partial charge in [-0.25, -0.2) is 4.68 Å². The number of rotatable bonds is 6. The number of primary amides is 1. The minimum Gasteiger partial charge on any atom is -0.368 e. The van der Waals surface area contributed by atoms with Crippen LogP contribution in [0.1, 0.15) is 28.5 Å². The molecule has 1 aromatic heterocycles. The van der Waals surface area contributed by atoms with Gasteiger partial charge in [-0.3, -0.25) is 9.59 Å². The van der Waals surface area contributed by atoms with E-state index in [0.717, 1.165) is 10.9 Å². The molecule has 7 nitrogen and oxygen atoms in total. The van der Waals surface area contributed by atoms with Crippen LogP contribution in [0.15, 0.2) is 30.5 Å². The molecule has 11 heteroatoms. The van der Waals surface area contributed by atoms with Gasteiger partial charge in [0.1, 0.15) is 6.54 Å². The highest BCUT2D eigenvalue weighted by molar-refractivity contribution is 6.30. The maximum Gasteiger partial charge on any atom is 0.391 e. The highest BCUT2D eigenvalue weighted by Gasteiger charge is 2.34. The predicted molar refractivity (Wildman–Crippen MR) is 81.5 cm³/mol. The summed E-state index contributed by atoms with van der Waals surface area (Å²) in [5.74, 6) is -1.56. The number of alkyl halides is 3. The van der Waals surface area contributed by atoms with Gasteiger partial charge >= 0.3 is 6.18 Å². The second kappa shape index (κ2) is 7.51. The van der Waals surface area contributed by atoms with Crippen LogP contribution in [0.5, 0.6) is 0 Å². The molecule has 0 radical (unpaired) electrons. The molecule has 1 heterocycles. The SMILES string of the molecule is NC(=O)Cn1cc(C(=O)NC(CC(F)(F)F)c2ccc(Cl)cc2)nn1. The van der Waals surface area contributed by atoms with Crippen LogP contribution in [0.25, 0.3) is 0 Å². The molecule has 2 rings (SSSR count). The molecule has 25 heavy (non-hydrogen) atoms. The molecule has 0 aliphatic carbocycles. The third kappa shape index (κ3) is 5.75. The van der Waals surface area contributed by atoms with E-state index < -0.39 is 30.5 Å². The van der Waals surface area contributed by atoms with Gasteiger partial charge < -0.3 is 11.1 Å². The van der Waals surface area contributed by atoms with Crippen LogP contribution < -0.4 is 11.1 Å². The molecule has 1 unspecified atom stereocenters. The van der Waals surface area contributed by atoms with E-state index in [4.69, 9.17) is 17.3 Å². The minimum atomic E-state index is -4.50. The van der Waals surface area contributed by atoms with E-state index in [0.29, 0.717) is 5.02 Å². The Bertz CT molecular complexity index is 761. The molecular weight excluding hydrogens is 363 g/mol. The summed E-state index contributed by atoms with van der Waals surface area (Å²) in [7, 11) is 0. The monoisotopic (exact) mass is 375 g/mol. The number of aromatic nitrogens is 3. The van der Waals surface area contributed by atoms with Gasteiger partial charge in [0, 0.05) is 5.02 Å². The van der Waals surface area contributed by atoms with Crippen molar-refractivity contribution >= 4 is 23.4 Å². The summed E-state index contributed by atoms with van der Waals surface area (Å²) in [6.45, 7) is -0.302. The lowest BCUT2D eigenvalue weighted by molar-refractivity contribution is -0.139. The fourth-order valence-corrected chi connectivity index (χ4v) is 2.18. The van der Waals surface area contributed by atoms with Gasteiger partial charge in [0.15, 0.2) is 5.69 Å². The Hall–Kier alpha value is -2.62. The molecule has 0 aliphatic heterocycles. The quantitative estimate of drug-likeness (QED) is 0.804. The Morgan fingerprint density at radius 3 is 2.48 bits per heavy atom. The third-order valence-corrected chi connectivity index (χ3v) is 3.35. The number of benzene rings is 1. The van der Waals surface area contributed by atoms with Crippen LogP contribution in [-0.4, -0.2) is 33.0 Å². The molecule has 0 aliphatic rings. The van der Waals surface area contributed by atoms with E-state index in [1.54, 1.807) is 0 Å². The molecule has 2 aromatic rings. The molecule has 0 spiro atoms. The highest BCUT2D eigenvalue weighted by atomic mass is 35.5. The summed E-state index contributed by atoms with van der Waals surface area (Å²) >= 11 is 5.73. The number of nitrogens with two attached hydrogens (primary N) is 1. The predicted octanol–water partition coefficient (Wildman–Crippen LogP) is 1.84. The van der Waals surface area contributed by atoms with Crippen LogP contribution in [0.2, 0.25) is 5.02 Å². The Labute approximate surface area is 144 Å². The van der Waals surface area contributed by atoms with E-state index in [2.05, 4.69) is 15.6 Å². The summed E-state index contributed by atoms with van der Waals surface area (Å²) in [5.41, 5.74) is 4.99. The fourth-order valence-electron chi connectivity index (χ4n) is 2.05. The van der Waals surface area contributed by atoms with Gasteiger partial charge in [-0.15, -0.1) is 5.10 Å². The summed E-state index contributed by atoms with van der Waals surface area (Å²) in [6.07, 6.45) is -4.65. The normalized spacial score (nSPS) is 12.6. The van der Waals surface area contributed by atoms with Crippen LogP contribution >= 0.6 is 11.6 Å². The number of amides is 2. The molecule has 134 valence electrons. The summed E-state index contributed by atoms with van der Waals surface area (Å²) in [6, 6.07) is 4.31. The molecule has 0 saturated carbocycles. The Morgan fingerprint density at radius 1 is 1.28 bits per heavy atom. The zero-order valence-electron chi connectivity index (χ0n) is 12.6. The minimum absolute atomic E-state index is 0.234. The molecule has 1 atom stereocenters. The average Bonchev–Trinajstić information content (AvgIpc) is 2.93. The summed E-state index contributed by atoms with van der Waals surface area (Å²) in [5, 5.41) is 9.64. The van der Waals surface area contributed by atoms with Crippen LogP contribution in [0.3, 0.4) is 0 Å². The third-order valence-electron chi connectivity index (χ3n) is 3.10. The van der Waals surface area contributed by atoms with Crippen molar-refractivity contribution in [1.29, 1.82) is 0 Å². The second-order valence-electron chi connectivity index (χ2n) is 5.16. The average molecular weight is 376 g/mol. The van der Waals surface area contributed by atoms with Crippen molar-refractivity contribution in [1.82, 2.24) is 20.3 Å². The number of hydrogen-bond donors (Lipinski definition) is 2. The second-order valence-corrected chi connectivity index (χ2v) is 5.60. The van der Waals surface area contributed by atoms with E-state index in [9.17, 15) is 22.8 Å². The van der Waals surface area contributed by atoms with Gasteiger partial charge in [-0.05, 0) is 17.7 Å². The Morgan fingerprint density at radius 2 is 1.92 bits per heavy atom. The molecule has 0 fully saturated rings. The van der Waals surface area contributed by atoms with Gasteiger partial charge in [0.2, 0.25) is 5.91 Å². The van der Waals surface area contributed by atoms with Crippen molar-refractivity contribution in [2.75, 3.05) is 0 Å². The van der Waals surface area contributed by atoms with E-state index >= 15 is 0 Å². The Balaban J connectivity index is 2.17. The lowest BCUT2D eigenvalue weighted by atomic mass is 10.0. The smallest absolute Gasteiger partial charge is 0.368 e. The maximum atomic E-state index is 12.8. The molecule has 1 aromatic carbocycles. The molecule has 3 N–H and O–H groups in total. The van der Waals surface area contributed by atoms with Crippen molar-refractivity contribution in [3.05, 3.63) is 46.7 Å². The first-order valence-corrected chi connectivity index (χ1v) is 7.33. The summed E-state index contributed by atoms with van der Waals surface area (Å²) in [4.78, 5) is 22.9. The van der Waals surface area contributed by atoms with Gasteiger partial charge in [-0.1, -0.05) is 28.9 Å². The first-order valence-electron chi connectivity index (χ1n) is 6.95. The van der Waals surface area contributed by atoms with E-state index in [1.807, 2.05) is 0 Å². The first-order chi connectivity index (χ1) is 11.6. The van der Waals surface area contributed by atoms with Crippen molar-refractivity contribution in [2.24, 2.45) is 5.73 Å². The van der Waals surface area contributed by atoms with Crippen LogP contribution in [0, 0.1) is 0 Å². The lowest BCUT2D eigenvalue weighted by Crippen LogP contribution is -2.32. The van der Waals surface area contributed by atoms with Crippen molar-refractivity contribution in [3.63, 3.8) is 0 Å². The standard InChI is InChI=1S/C14H13ClF3N5O2/c15-9-3-1-8(2-4-9)10(5-14(16,17)18)20-13(25)11-6-23(22-21-11)7-12(19)24/h1-4,6,10H,5,7H2,(H2,19,24)(H,20,25). The van der Waals surface area contributed by atoms with Crippen LogP contribution in [-0.2, 0) is 11.3 Å². The number of carbonyl (C=O) groups is 2. The number of carbonyl (C=O) groups excluding carboxylic acids is 2. The van der Waals surface area contributed by atoms with Gasteiger partial charge in [-0.2, -0.15) is 13.2 Å². The van der Waals surface area contributed by atoms with Crippen molar-refractivity contribution in [2.45, 2.75) is 25.2 Å². The lowest BCUT2D eigenvalue weighted by Gasteiger charge is -2.20. The molecule has 2 amide bonds. The zero-order chi connectivity index (χ0) is 18.6. The molecule has 0 saturated heterocycles. The summed E-state index contributed by atoms with van der Waals surface area (Å²) < 4.78 is 39.4. The van der Waals surface area contributed by atoms with E-state index in [1.165, 1.54) is 24.3 Å². The molecular formula is C14H13ClF3N5O2. The van der Waals surface area contributed by atoms with Crippen LogP contribution in [0.4, 0.5) is 13.2 Å². The number of hydrogen-bond acceptors (Lipinski definition) is 4. The zero-order valence-corrected chi connectivity index (χ0v) is 13.4. The van der Waals surface area contributed by atoms with Crippen molar-refractivity contribution < 1.29 is 22.8 Å². The van der Waals surface area contributed by atoms with Crippen molar-refractivity contribution in [3.8, 4) is 0 Å². The highest BCUT2D eigenvalue weighted by Crippen LogP contribution is 2.30. The van der Waals surface area contributed by atoms with Gasteiger partial charge in [0.25, 0.3) is 5.91 Å². The largest absolute Gasteiger partial charge is 0.391 e. The first kappa shape index (κ1) is 18.7. The topological polar surface area (TPSA) is 103 Å². The fraction of sp³-hybridized carbons (Fsp3) is 0.286. The number of nitrogens with one attached hydrogen (secondary N) is 1. The number of nitrogens with zero attached hydrogens (tertiary/aromatic N) is 3. The number of halogens is 4.